The van der Waals surface area contributed by atoms with Crippen molar-refractivity contribution in [3.8, 4) is 5.75 Å². The second-order valence-electron chi connectivity index (χ2n) is 2.78. The van der Waals surface area contributed by atoms with Gasteiger partial charge in [0.15, 0.2) is 0 Å². The van der Waals surface area contributed by atoms with Gasteiger partial charge in [0.2, 0.25) is 0 Å². The van der Waals surface area contributed by atoms with Gasteiger partial charge in [-0.05, 0) is 18.2 Å². The normalized spacial score (nSPS) is 10.4. The van der Waals surface area contributed by atoms with E-state index in [2.05, 4.69) is 0 Å². The first-order valence-corrected chi connectivity index (χ1v) is 4.01. The molecule has 1 aromatic heterocycles. The summed E-state index contributed by atoms with van der Waals surface area (Å²) in [5.74, 6) is -0.672. The maximum absolute atomic E-state index is 10.8. The van der Waals surface area contributed by atoms with Crippen molar-refractivity contribution < 1.29 is 19.1 Å². The van der Waals surface area contributed by atoms with Crippen LogP contribution in [0.25, 0.3) is 11.0 Å². The summed E-state index contributed by atoms with van der Waals surface area (Å²) < 4.78 is 10.2. The fourth-order valence-electron chi connectivity index (χ4n) is 1.41. The van der Waals surface area contributed by atoms with E-state index in [-0.39, 0.29) is 5.56 Å². The number of methoxy groups -OCH3 is 1. The number of rotatable bonds is 2. The molecular weight excluding hydrogens is 184 g/mol. The largest absolute Gasteiger partial charge is 0.495 e. The summed E-state index contributed by atoms with van der Waals surface area (Å²) in [6.07, 6.45) is 1.50. The number of carboxylic acid groups (broad SMARTS) is 1. The van der Waals surface area contributed by atoms with Gasteiger partial charge in [-0.1, -0.05) is 0 Å². The Kier molecular flexibility index (Phi) is 1.89. The Hall–Kier alpha value is -1.97. The van der Waals surface area contributed by atoms with Gasteiger partial charge in [-0.25, -0.2) is 4.79 Å². The molecule has 0 aliphatic heterocycles. The number of carbonyl (C=O) groups is 1. The maximum Gasteiger partial charge on any atom is 0.339 e. The van der Waals surface area contributed by atoms with Crippen molar-refractivity contribution >= 4 is 16.9 Å². The third kappa shape index (κ3) is 1.12. The Labute approximate surface area is 79.7 Å². The van der Waals surface area contributed by atoms with Crippen molar-refractivity contribution in [2.45, 2.75) is 0 Å². The minimum Gasteiger partial charge on any atom is -0.495 e. The predicted octanol–water partition coefficient (Wildman–Crippen LogP) is 2.14. The topological polar surface area (TPSA) is 59.7 Å². The molecule has 2 aromatic rings. The summed E-state index contributed by atoms with van der Waals surface area (Å²) in [7, 11) is 1.44. The van der Waals surface area contributed by atoms with Crippen molar-refractivity contribution in [3.63, 3.8) is 0 Å². The van der Waals surface area contributed by atoms with Crippen LogP contribution in [-0.2, 0) is 0 Å². The average Bonchev–Trinajstić information content (AvgIpc) is 2.63. The lowest BCUT2D eigenvalue weighted by Gasteiger charge is -2.04. The number of carboxylic acids is 1. The van der Waals surface area contributed by atoms with E-state index >= 15 is 0 Å². The molecule has 1 aromatic carbocycles. The molecule has 72 valence electrons. The van der Waals surface area contributed by atoms with Crippen LogP contribution in [0.5, 0.6) is 5.75 Å². The molecule has 0 spiro atoms. The Morgan fingerprint density at radius 3 is 2.86 bits per heavy atom. The molecule has 0 radical (unpaired) electrons. The molecule has 0 saturated heterocycles. The lowest BCUT2D eigenvalue weighted by atomic mass is 10.1. The van der Waals surface area contributed by atoms with Gasteiger partial charge in [-0.2, -0.15) is 0 Å². The van der Waals surface area contributed by atoms with Crippen LogP contribution in [-0.4, -0.2) is 18.2 Å². The minimum absolute atomic E-state index is 0.140. The van der Waals surface area contributed by atoms with Gasteiger partial charge >= 0.3 is 5.97 Å². The highest BCUT2D eigenvalue weighted by atomic mass is 16.5. The van der Waals surface area contributed by atoms with E-state index in [1.54, 1.807) is 12.1 Å². The van der Waals surface area contributed by atoms with Gasteiger partial charge in [0.05, 0.1) is 18.8 Å². The Morgan fingerprint density at radius 2 is 2.21 bits per heavy atom. The zero-order valence-corrected chi connectivity index (χ0v) is 7.48. The minimum atomic E-state index is -1.01. The van der Waals surface area contributed by atoms with E-state index in [0.717, 1.165) is 0 Å². The molecule has 1 N–H and O–H groups in total. The third-order valence-electron chi connectivity index (χ3n) is 2.02. The number of aromatic carboxylic acids is 1. The first-order chi connectivity index (χ1) is 6.74. The first kappa shape index (κ1) is 8.62. The molecule has 0 fully saturated rings. The van der Waals surface area contributed by atoms with Gasteiger partial charge in [0, 0.05) is 0 Å². The first-order valence-electron chi connectivity index (χ1n) is 4.01. The van der Waals surface area contributed by atoms with Crippen molar-refractivity contribution in [2.75, 3.05) is 7.11 Å². The van der Waals surface area contributed by atoms with Crippen molar-refractivity contribution in [1.29, 1.82) is 0 Å². The molecule has 0 amide bonds. The van der Waals surface area contributed by atoms with Crippen LogP contribution in [0.3, 0.4) is 0 Å². The second-order valence-corrected chi connectivity index (χ2v) is 2.78. The highest BCUT2D eigenvalue weighted by Crippen LogP contribution is 2.30. The maximum atomic E-state index is 10.8. The second kappa shape index (κ2) is 3.06. The number of benzene rings is 1. The Balaban J connectivity index is 2.78. The molecule has 14 heavy (non-hydrogen) atoms. The van der Waals surface area contributed by atoms with Gasteiger partial charge < -0.3 is 14.3 Å². The summed E-state index contributed by atoms with van der Waals surface area (Å²) in [5.41, 5.74) is 0.758. The molecule has 0 saturated carbocycles. The summed E-state index contributed by atoms with van der Waals surface area (Å²) in [6, 6.07) is 4.76. The van der Waals surface area contributed by atoms with E-state index in [4.69, 9.17) is 14.3 Å². The number of hydrogen-bond acceptors (Lipinski definition) is 3. The lowest BCUT2D eigenvalue weighted by molar-refractivity contribution is 0.0693. The van der Waals surface area contributed by atoms with Crippen LogP contribution >= 0.6 is 0 Å². The molecule has 0 unspecified atom stereocenters. The van der Waals surface area contributed by atoms with Crippen LogP contribution in [0.1, 0.15) is 10.4 Å². The summed E-state index contributed by atoms with van der Waals surface area (Å²) in [4.78, 5) is 10.8. The molecule has 0 aliphatic rings. The standard InChI is InChI=1S/C10H8O4/c1-13-9-6-4-5-14-8(6)3-2-7(9)10(11)12/h2-5H,1H3,(H,11,12). The monoisotopic (exact) mass is 192 g/mol. The molecule has 0 atom stereocenters. The van der Waals surface area contributed by atoms with E-state index in [9.17, 15) is 4.79 Å². The summed E-state index contributed by atoms with van der Waals surface area (Å²) in [6.45, 7) is 0. The number of furan rings is 1. The van der Waals surface area contributed by atoms with Crippen LogP contribution < -0.4 is 4.74 Å². The van der Waals surface area contributed by atoms with E-state index in [1.807, 2.05) is 0 Å². The highest BCUT2D eigenvalue weighted by Gasteiger charge is 2.14. The fraction of sp³-hybridized carbons (Fsp3) is 0.100. The third-order valence-corrected chi connectivity index (χ3v) is 2.02. The smallest absolute Gasteiger partial charge is 0.339 e. The number of ether oxygens (including phenoxy) is 1. The molecule has 4 nitrogen and oxygen atoms in total. The van der Waals surface area contributed by atoms with E-state index in [1.165, 1.54) is 19.4 Å². The Morgan fingerprint density at radius 1 is 1.43 bits per heavy atom. The fourth-order valence-corrected chi connectivity index (χ4v) is 1.41. The lowest BCUT2D eigenvalue weighted by Crippen LogP contribution is -2.00. The van der Waals surface area contributed by atoms with Gasteiger partial charge in [0.25, 0.3) is 0 Å². The molecule has 2 rings (SSSR count). The van der Waals surface area contributed by atoms with E-state index in [0.29, 0.717) is 16.7 Å². The van der Waals surface area contributed by atoms with Crippen LogP contribution in [0.4, 0.5) is 0 Å². The van der Waals surface area contributed by atoms with Crippen LogP contribution in [0, 0.1) is 0 Å². The van der Waals surface area contributed by atoms with Gasteiger partial charge in [0.1, 0.15) is 16.9 Å². The quantitative estimate of drug-likeness (QED) is 0.791. The highest BCUT2D eigenvalue weighted by molar-refractivity contribution is 5.99. The summed E-state index contributed by atoms with van der Waals surface area (Å²) >= 11 is 0. The zero-order chi connectivity index (χ0) is 10.1. The SMILES string of the molecule is COc1c(C(=O)O)ccc2occc12. The molecule has 0 bridgehead atoms. The number of hydrogen-bond donors (Lipinski definition) is 1. The van der Waals surface area contributed by atoms with E-state index < -0.39 is 5.97 Å². The van der Waals surface area contributed by atoms with Gasteiger partial charge in [-0.15, -0.1) is 0 Å². The number of fused-ring (bicyclic) bond motifs is 1. The van der Waals surface area contributed by atoms with Crippen molar-refractivity contribution in [3.05, 3.63) is 30.0 Å². The zero-order valence-electron chi connectivity index (χ0n) is 7.48. The molecular formula is C10H8O4. The van der Waals surface area contributed by atoms with Crippen molar-refractivity contribution in [1.82, 2.24) is 0 Å². The van der Waals surface area contributed by atoms with Gasteiger partial charge in [-0.3, -0.25) is 0 Å². The predicted molar refractivity (Wildman–Crippen MR) is 49.7 cm³/mol. The molecule has 1 heterocycles. The van der Waals surface area contributed by atoms with Crippen molar-refractivity contribution in [2.24, 2.45) is 0 Å². The van der Waals surface area contributed by atoms with Crippen LogP contribution in [0.15, 0.2) is 28.9 Å². The van der Waals surface area contributed by atoms with Crippen LogP contribution in [0.2, 0.25) is 0 Å². The molecule has 0 aliphatic carbocycles. The Bertz CT molecular complexity index is 484. The summed E-state index contributed by atoms with van der Waals surface area (Å²) in [5, 5.41) is 9.56. The average molecular weight is 192 g/mol. The molecule has 4 heteroatoms.